The average molecular weight is 240 g/mol. The summed E-state index contributed by atoms with van der Waals surface area (Å²) in [4.78, 5) is 12.9. The van der Waals surface area contributed by atoms with Crippen LogP contribution in [0.15, 0.2) is 0 Å². The molecule has 1 amide bonds. The number of hydrogen-bond acceptors (Lipinski definition) is 3. The Morgan fingerprint density at radius 1 is 1.57 bits per heavy atom. The van der Waals surface area contributed by atoms with Crippen molar-refractivity contribution in [3.05, 3.63) is 0 Å². The van der Waals surface area contributed by atoms with E-state index in [0.29, 0.717) is 13.0 Å². The van der Waals surface area contributed by atoms with E-state index in [1.807, 2.05) is 0 Å². The summed E-state index contributed by atoms with van der Waals surface area (Å²) in [5.74, 6) is -0.0417. The molecule has 1 rings (SSSR count). The molecule has 82 valence electrons. The van der Waals surface area contributed by atoms with Crippen molar-refractivity contribution in [2.75, 3.05) is 23.9 Å². The van der Waals surface area contributed by atoms with E-state index in [2.05, 4.69) is 0 Å². The Kier molecular flexibility index (Phi) is 3.78. The van der Waals surface area contributed by atoms with Crippen LogP contribution in [0.3, 0.4) is 0 Å². The van der Waals surface area contributed by atoms with Crippen LogP contribution in [0, 0.1) is 0 Å². The Balaban J connectivity index is 2.77. The van der Waals surface area contributed by atoms with Crippen molar-refractivity contribution in [1.82, 2.24) is 4.90 Å². The first-order valence-electron chi connectivity index (χ1n) is 4.52. The van der Waals surface area contributed by atoms with Gasteiger partial charge in [0.05, 0.1) is 11.5 Å². The van der Waals surface area contributed by atoms with Crippen molar-refractivity contribution in [2.24, 2.45) is 0 Å². The minimum absolute atomic E-state index is 0.0512. The number of halogens is 1. The van der Waals surface area contributed by atoms with Gasteiger partial charge in [-0.3, -0.25) is 4.79 Å². The maximum absolute atomic E-state index is 11.4. The molecule has 0 radical (unpaired) electrons. The highest BCUT2D eigenvalue weighted by Gasteiger charge is 2.27. The lowest BCUT2D eigenvalue weighted by Crippen LogP contribution is -2.41. The summed E-state index contributed by atoms with van der Waals surface area (Å²) in [5, 5.41) is 0. The molecule has 0 aromatic heterocycles. The molecule has 0 spiro atoms. The van der Waals surface area contributed by atoms with Crippen molar-refractivity contribution in [3.8, 4) is 0 Å². The lowest BCUT2D eigenvalue weighted by atomic mass is 10.3. The van der Waals surface area contributed by atoms with Crippen LogP contribution >= 0.6 is 11.6 Å². The zero-order valence-electron chi connectivity index (χ0n) is 8.07. The van der Waals surface area contributed by atoms with Gasteiger partial charge in [0.15, 0.2) is 9.84 Å². The Bertz CT molecular complexity index is 315. The van der Waals surface area contributed by atoms with E-state index in [0.717, 1.165) is 0 Å². The maximum atomic E-state index is 11.4. The van der Waals surface area contributed by atoms with Crippen LogP contribution < -0.4 is 0 Å². The summed E-state index contributed by atoms with van der Waals surface area (Å²) in [6.45, 7) is 2.24. The van der Waals surface area contributed by atoms with Crippen molar-refractivity contribution >= 4 is 27.3 Å². The number of amides is 1. The van der Waals surface area contributed by atoms with Crippen molar-refractivity contribution in [3.63, 3.8) is 0 Å². The van der Waals surface area contributed by atoms with E-state index in [9.17, 15) is 13.2 Å². The fraction of sp³-hybridized carbons (Fsp3) is 0.875. The number of alkyl halides is 1. The predicted octanol–water partition coefficient (Wildman–Crippen LogP) is 0.261. The highest BCUT2D eigenvalue weighted by atomic mass is 35.5. The van der Waals surface area contributed by atoms with Gasteiger partial charge in [0.25, 0.3) is 0 Å². The number of hydrogen-bond donors (Lipinski definition) is 0. The van der Waals surface area contributed by atoms with Crippen LogP contribution in [0.4, 0.5) is 0 Å². The first kappa shape index (κ1) is 11.8. The van der Waals surface area contributed by atoms with Gasteiger partial charge in [-0.05, 0) is 13.3 Å². The van der Waals surface area contributed by atoms with Gasteiger partial charge in [-0.2, -0.15) is 0 Å². The molecule has 1 heterocycles. The van der Waals surface area contributed by atoms with Gasteiger partial charge in [0, 0.05) is 12.6 Å². The third kappa shape index (κ3) is 2.85. The summed E-state index contributed by atoms with van der Waals surface area (Å²) in [6, 6.07) is -0.256. The highest BCUT2D eigenvalue weighted by molar-refractivity contribution is 7.91. The number of rotatable bonds is 1. The second-order valence-corrected chi connectivity index (χ2v) is 6.03. The van der Waals surface area contributed by atoms with Gasteiger partial charge in [0.2, 0.25) is 5.91 Å². The number of carbonyl (C=O) groups excluding carboxylic acids is 1. The molecule has 0 aromatic carbocycles. The van der Waals surface area contributed by atoms with Gasteiger partial charge in [0.1, 0.15) is 5.88 Å². The van der Waals surface area contributed by atoms with Crippen LogP contribution in [0.25, 0.3) is 0 Å². The second-order valence-electron chi connectivity index (χ2n) is 3.54. The van der Waals surface area contributed by atoms with E-state index in [1.54, 1.807) is 11.8 Å². The molecule has 1 aliphatic rings. The van der Waals surface area contributed by atoms with Crippen LogP contribution in [-0.4, -0.2) is 49.2 Å². The molecule has 0 N–H and O–H groups in total. The summed E-state index contributed by atoms with van der Waals surface area (Å²) >= 11 is 5.43. The average Bonchev–Trinajstić information content (AvgIpc) is 2.22. The molecule has 6 heteroatoms. The van der Waals surface area contributed by atoms with Crippen molar-refractivity contribution < 1.29 is 13.2 Å². The second kappa shape index (κ2) is 4.49. The molecule has 0 saturated carbocycles. The Morgan fingerprint density at radius 3 is 2.79 bits per heavy atom. The van der Waals surface area contributed by atoms with Gasteiger partial charge < -0.3 is 4.90 Å². The Hall–Kier alpha value is -0.290. The zero-order valence-corrected chi connectivity index (χ0v) is 9.64. The maximum Gasteiger partial charge on any atom is 0.237 e. The summed E-state index contributed by atoms with van der Waals surface area (Å²) in [7, 11) is -2.98. The SMILES string of the molecule is CC1CS(=O)(=O)CCCN1C(=O)CCl. The molecule has 14 heavy (non-hydrogen) atoms. The van der Waals surface area contributed by atoms with E-state index in [-0.39, 0.29) is 29.3 Å². The molecule has 1 unspecified atom stereocenters. The van der Waals surface area contributed by atoms with Crippen LogP contribution in [0.5, 0.6) is 0 Å². The van der Waals surface area contributed by atoms with Crippen molar-refractivity contribution in [1.29, 1.82) is 0 Å². The first-order chi connectivity index (χ1) is 6.46. The molecule has 1 fully saturated rings. The largest absolute Gasteiger partial charge is 0.338 e. The minimum Gasteiger partial charge on any atom is -0.338 e. The molecular formula is C8H14ClNO3S. The van der Waals surface area contributed by atoms with E-state index in [1.165, 1.54) is 0 Å². The van der Waals surface area contributed by atoms with Crippen molar-refractivity contribution in [2.45, 2.75) is 19.4 Å². The summed E-state index contributed by atoms with van der Waals surface area (Å²) in [5.41, 5.74) is 0. The highest BCUT2D eigenvalue weighted by Crippen LogP contribution is 2.12. The van der Waals surface area contributed by atoms with Crippen LogP contribution in [-0.2, 0) is 14.6 Å². The number of nitrogens with zero attached hydrogens (tertiary/aromatic N) is 1. The number of sulfone groups is 1. The molecular weight excluding hydrogens is 226 g/mol. The smallest absolute Gasteiger partial charge is 0.237 e. The topological polar surface area (TPSA) is 54.5 Å². The molecule has 0 aliphatic carbocycles. The molecule has 1 aliphatic heterocycles. The standard InChI is InChI=1S/C8H14ClNO3S/c1-7-6-14(12,13)4-2-3-10(7)8(11)5-9/h7H,2-6H2,1H3. The van der Waals surface area contributed by atoms with Gasteiger partial charge in [-0.25, -0.2) is 8.42 Å². The van der Waals surface area contributed by atoms with Crippen LogP contribution in [0.1, 0.15) is 13.3 Å². The predicted molar refractivity (Wildman–Crippen MR) is 55.2 cm³/mol. The molecule has 1 atom stereocenters. The monoisotopic (exact) mass is 239 g/mol. The van der Waals surface area contributed by atoms with E-state index in [4.69, 9.17) is 11.6 Å². The van der Waals surface area contributed by atoms with Gasteiger partial charge >= 0.3 is 0 Å². The van der Waals surface area contributed by atoms with Gasteiger partial charge in [-0.1, -0.05) is 0 Å². The first-order valence-corrected chi connectivity index (χ1v) is 6.88. The minimum atomic E-state index is -2.98. The quantitative estimate of drug-likeness (QED) is 0.617. The molecule has 0 aromatic rings. The summed E-state index contributed by atoms with van der Waals surface area (Å²) < 4.78 is 22.7. The van der Waals surface area contributed by atoms with E-state index >= 15 is 0 Å². The van der Waals surface area contributed by atoms with Crippen LogP contribution in [0.2, 0.25) is 0 Å². The normalized spacial score (nSPS) is 27.0. The Morgan fingerprint density at radius 2 is 2.21 bits per heavy atom. The third-order valence-electron chi connectivity index (χ3n) is 2.32. The van der Waals surface area contributed by atoms with E-state index < -0.39 is 9.84 Å². The molecule has 1 saturated heterocycles. The zero-order chi connectivity index (χ0) is 10.8. The fourth-order valence-electron chi connectivity index (χ4n) is 1.66. The Labute approximate surface area is 89.1 Å². The fourth-order valence-corrected chi connectivity index (χ4v) is 3.47. The lowest BCUT2D eigenvalue weighted by Gasteiger charge is -2.25. The third-order valence-corrected chi connectivity index (χ3v) is 4.45. The molecule has 4 nitrogen and oxygen atoms in total. The summed E-state index contributed by atoms with van der Waals surface area (Å²) in [6.07, 6.45) is 0.509. The lowest BCUT2D eigenvalue weighted by molar-refractivity contribution is -0.129. The number of carbonyl (C=O) groups is 1. The molecule has 0 bridgehead atoms. The van der Waals surface area contributed by atoms with Gasteiger partial charge in [-0.15, -0.1) is 11.6 Å².